The van der Waals surface area contributed by atoms with Gasteiger partial charge in [0.05, 0.1) is 51.4 Å². The lowest BCUT2D eigenvalue weighted by atomic mass is 9.97. The van der Waals surface area contributed by atoms with Crippen LogP contribution in [0.4, 0.5) is 17.1 Å². The molecule has 21 nitrogen and oxygen atoms in total. The van der Waals surface area contributed by atoms with Gasteiger partial charge in [-0.2, -0.15) is 28.6 Å². The average molecular weight is 1370 g/mol. The van der Waals surface area contributed by atoms with Gasteiger partial charge in [-0.25, -0.2) is 0 Å². The molecule has 1 saturated heterocycles. The Labute approximate surface area is 556 Å². The van der Waals surface area contributed by atoms with Crippen LogP contribution < -0.4 is 28.9 Å². The van der Waals surface area contributed by atoms with Crippen LogP contribution >= 0.6 is 33.3 Å². The molecule has 0 radical (unpaired) electrons. The van der Waals surface area contributed by atoms with E-state index in [-0.39, 0.29) is 100 Å². The molecule has 5 aromatic rings. The van der Waals surface area contributed by atoms with E-state index in [1.54, 1.807) is 43.7 Å². The molecule has 5 aromatic carbocycles. The predicted octanol–water partition coefficient (Wildman–Crippen LogP) is 9.20. The van der Waals surface area contributed by atoms with Crippen LogP contribution in [0.25, 0.3) is 0 Å². The maximum Gasteiger partial charge on any atom is 0.275 e. The van der Waals surface area contributed by atoms with Crippen molar-refractivity contribution in [2.24, 2.45) is 0 Å². The van der Waals surface area contributed by atoms with E-state index in [9.17, 15) is 49.9 Å². The van der Waals surface area contributed by atoms with Crippen molar-refractivity contribution >= 4 is 100 Å². The monoisotopic (exact) mass is 1370 g/mol. The number of benzene rings is 5. The first kappa shape index (κ1) is 69.6. The van der Waals surface area contributed by atoms with Crippen molar-refractivity contribution in [2.45, 2.75) is 124 Å². The number of Topliss-reactive ketones (excluding diaryl/α,β-unsaturated/α-hetero) is 1. The molecule has 2 N–H and O–H groups in total. The highest BCUT2D eigenvalue weighted by Gasteiger charge is 2.47. The second-order valence-corrected chi connectivity index (χ2v) is 31.9. The molecule has 5 atom stereocenters. The van der Waals surface area contributed by atoms with E-state index < -0.39 is 52.6 Å². The molecule has 5 heterocycles. The van der Waals surface area contributed by atoms with E-state index in [1.807, 2.05) is 80.3 Å². The highest BCUT2D eigenvalue weighted by atomic mass is 33.1. The van der Waals surface area contributed by atoms with E-state index in [1.165, 1.54) is 45.4 Å². The summed E-state index contributed by atoms with van der Waals surface area (Å²) in [7, 11) is -3.48. The number of anilines is 3. The standard InChI is InChI=1S/C67H80N4O17S5/c1-42-28-51-48(36-62(93(80,81)82)55-33-47-13-8-10-15-54(47)71(55)65(51)75)35-57(42)87-39-43-29-44(40-88-59-34-45-17-18-49-32-46-12-7-9-14-53(46)70(49)64(74)52(45)37-58(59)84-5)31-50(30-43)68(21-22-85-25-26-86-24-23-83-4)41-67(2,3)91-90-27-19-61(92(77,78)79)56(72)16-11-20-69-63(73)38-60(89-6)66(69)76/h7-10,12-15,28-31,34-35,37,49,55,60-62H,11,16-27,32-33,36,38-41H2,1-6H3,(H,77,78,79)(H,80,81,82). The Morgan fingerprint density at radius 1 is 0.731 bits per heavy atom. The minimum atomic E-state index is -4.80. The van der Waals surface area contributed by atoms with Crippen molar-refractivity contribution in [2.75, 3.05) is 93.6 Å². The summed E-state index contributed by atoms with van der Waals surface area (Å²) < 4.78 is 108. The fourth-order valence-corrected chi connectivity index (χ4v) is 18.3. The van der Waals surface area contributed by atoms with Gasteiger partial charge < -0.3 is 43.1 Å². The van der Waals surface area contributed by atoms with Crippen LogP contribution in [0.1, 0.15) is 106 Å². The molecule has 26 heteroatoms. The van der Waals surface area contributed by atoms with Crippen LogP contribution in [0.3, 0.4) is 0 Å². The van der Waals surface area contributed by atoms with Crippen molar-refractivity contribution in [1.29, 1.82) is 0 Å². The molecular formula is C67H80N4O17S5. The van der Waals surface area contributed by atoms with Crippen LogP contribution in [0.5, 0.6) is 17.2 Å². The lowest BCUT2D eigenvalue weighted by molar-refractivity contribution is -0.138. The number of nitrogens with zero attached hydrogens (tertiary/aromatic N) is 4. The number of likely N-dealkylation sites (tertiary alicyclic amines) is 1. The van der Waals surface area contributed by atoms with Crippen molar-refractivity contribution in [3.63, 3.8) is 0 Å². The summed E-state index contributed by atoms with van der Waals surface area (Å²) in [6.45, 7) is 8.46. The van der Waals surface area contributed by atoms with Crippen LogP contribution in [0, 0.1) is 6.92 Å². The molecule has 1 fully saturated rings. The summed E-state index contributed by atoms with van der Waals surface area (Å²) in [6, 6.07) is 27.5. The Kier molecular flexibility index (Phi) is 22.7. The molecule has 5 unspecified atom stereocenters. The topological polar surface area (TPSA) is 262 Å². The molecule has 4 amide bonds. The Morgan fingerprint density at radius 3 is 2.03 bits per heavy atom. The molecule has 5 aliphatic heterocycles. The summed E-state index contributed by atoms with van der Waals surface area (Å²) in [6.07, 6.45) is 3.73. The molecule has 93 heavy (non-hydrogen) atoms. The van der Waals surface area contributed by atoms with Crippen LogP contribution in [-0.4, -0.2) is 172 Å². The number of hydrogen-bond acceptors (Lipinski definition) is 19. The molecular weight excluding hydrogens is 1290 g/mol. The third-order valence-electron chi connectivity index (χ3n) is 17.6. The quantitative estimate of drug-likeness (QED) is 0.0176. The van der Waals surface area contributed by atoms with Gasteiger partial charge in [-0.3, -0.25) is 38.0 Å². The third-order valence-corrected chi connectivity index (χ3v) is 24.3. The van der Waals surface area contributed by atoms with Gasteiger partial charge in [-0.15, -0.1) is 0 Å². The smallest absolute Gasteiger partial charge is 0.275 e. The summed E-state index contributed by atoms with van der Waals surface area (Å²) in [5, 5.41) is -3.49. The zero-order valence-electron chi connectivity index (χ0n) is 53.0. The van der Waals surface area contributed by atoms with Crippen molar-refractivity contribution in [3.8, 4) is 17.2 Å². The first-order valence-electron chi connectivity index (χ1n) is 31.0. The average Bonchev–Trinajstić information content (AvgIpc) is 1.60. The van der Waals surface area contributed by atoms with Gasteiger partial charge in [0.15, 0.2) is 17.3 Å². The largest absolute Gasteiger partial charge is 0.493 e. The third kappa shape index (κ3) is 16.4. The number of fused-ring (bicyclic) bond motifs is 8. The number of ether oxygens (including phenoxy) is 6. The van der Waals surface area contributed by atoms with Gasteiger partial charge in [0, 0.05) is 84.3 Å². The number of hydrogen-bond donors (Lipinski definition) is 2. The number of carbonyl (C=O) groups excluding carboxylic acids is 5. The summed E-state index contributed by atoms with van der Waals surface area (Å²) >= 11 is 1.27. The number of para-hydroxylation sites is 2. The second kappa shape index (κ2) is 30.3. The Hall–Kier alpha value is -6.20. The van der Waals surface area contributed by atoms with Gasteiger partial charge >= 0.3 is 0 Å². The number of carbonyl (C=O) groups is 5. The number of ketones is 1. The van der Waals surface area contributed by atoms with Crippen LogP contribution in [0.2, 0.25) is 0 Å². The molecule has 0 saturated carbocycles. The minimum Gasteiger partial charge on any atom is -0.493 e. The number of imide groups is 1. The molecule has 0 aliphatic carbocycles. The number of rotatable bonds is 32. The van der Waals surface area contributed by atoms with Gasteiger partial charge in [0.25, 0.3) is 32.1 Å². The normalized spacial score (nSPS) is 18.9. The predicted molar refractivity (Wildman–Crippen MR) is 361 cm³/mol. The number of amides is 4. The van der Waals surface area contributed by atoms with E-state index in [0.29, 0.717) is 96.7 Å². The fraction of sp³-hybridized carbons (Fsp3) is 0.478. The molecule has 0 bridgehead atoms. The summed E-state index contributed by atoms with van der Waals surface area (Å²) in [4.78, 5) is 74.1. The molecule has 0 spiro atoms. The Bertz CT molecular complexity index is 3850. The number of thioether (sulfide) groups is 1. The maximum atomic E-state index is 14.5. The molecule has 0 aromatic heterocycles. The zero-order valence-corrected chi connectivity index (χ0v) is 57.1. The Balaban J connectivity index is 0.915. The van der Waals surface area contributed by atoms with E-state index in [2.05, 4.69) is 11.0 Å². The second-order valence-electron chi connectivity index (χ2n) is 24.5. The van der Waals surface area contributed by atoms with Crippen molar-refractivity contribution in [1.82, 2.24) is 4.90 Å². The zero-order chi connectivity index (χ0) is 66.4. The van der Waals surface area contributed by atoms with E-state index in [0.717, 1.165) is 51.4 Å². The summed E-state index contributed by atoms with van der Waals surface area (Å²) in [5.74, 6) is -0.426. The van der Waals surface area contributed by atoms with Crippen molar-refractivity contribution < 1.29 is 78.3 Å². The lowest BCUT2D eigenvalue weighted by Gasteiger charge is -2.34. The van der Waals surface area contributed by atoms with Crippen LogP contribution in [0.15, 0.2) is 91.0 Å². The highest BCUT2D eigenvalue weighted by Crippen LogP contribution is 2.44. The van der Waals surface area contributed by atoms with E-state index >= 15 is 0 Å². The van der Waals surface area contributed by atoms with Gasteiger partial charge in [-0.05, 0) is 166 Å². The Morgan fingerprint density at radius 2 is 1.37 bits per heavy atom. The first-order chi connectivity index (χ1) is 44.5. The summed E-state index contributed by atoms with van der Waals surface area (Å²) in [5.41, 5.74) is 8.44. The maximum absolute atomic E-state index is 14.5. The lowest BCUT2D eigenvalue weighted by Crippen LogP contribution is -2.47. The van der Waals surface area contributed by atoms with Gasteiger partial charge in [0.2, 0.25) is 11.8 Å². The SMILES string of the molecule is COCCOCCOCCN(CC(C)(C)SSCCC(C(=O)CCCN1C(=O)CC(SC)C1=O)S(=O)(=O)O)c1cc(COc2cc3c(cc2C)C(=O)N2c4ccccc4CC2C(S(=O)(=O)O)C3)cc(COc2cc3c(cc2OC)C(=O)N2c4ccccc4CC2CC3)c1. The number of methoxy groups -OCH3 is 2. The molecule has 5 aliphatic rings. The number of aryl methyl sites for hydroxylation is 2. The van der Waals surface area contributed by atoms with Gasteiger partial charge in [0.1, 0.15) is 29.5 Å². The molecule has 10 rings (SSSR count). The highest BCUT2D eigenvalue weighted by molar-refractivity contribution is 8.77. The van der Waals surface area contributed by atoms with E-state index in [4.69, 9.17) is 28.4 Å². The molecule has 500 valence electrons. The first-order valence-corrected chi connectivity index (χ1v) is 37.7. The minimum absolute atomic E-state index is 0.00112. The van der Waals surface area contributed by atoms with Crippen molar-refractivity contribution in [3.05, 3.63) is 141 Å². The van der Waals surface area contributed by atoms with Crippen LogP contribution in [-0.2, 0) is 87.7 Å². The van der Waals surface area contributed by atoms with Gasteiger partial charge in [-0.1, -0.05) is 58.0 Å². The fourth-order valence-electron chi connectivity index (χ4n) is 13.0.